The number of likely N-dealkylation sites (tertiary alicyclic amines) is 1. The van der Waals surface area contributed by atoms with Gasteiger partial charge in [-0.05, 0) is 135 Å². The molecule has 1 aliphatic heterocycles. The molecule has 8 rings (SSSR count). The number of methoxy groups -OCH3 is 1. The molecule has 0 radical (unpaired) electrons. The van der Waals surface area contributed by atoms with Gasteiger partial charge in [0.05, 0.1) is 6.61 Å². The monoisotopic (exact) mass is 605 g/mol. The SMILES string of the molecule is CCOC(OC)Oc1cc2ccc(C3CCCCN3CCOc3ccccc3)cc2cc1C12CC3CC(CC(C3)C1)C2.Cl. The first-order chi connectivity index (χ1) is 20.6. The lowest BCUT2D eigenvalue weighted by molar-refractivity contribution is -0.231. The standard InChI is InChI=1S/C37H47NO4.ClH/c1-3-40-36(39-2)42-35-22-29-12-13-30(34-11-7-8-14-38(34)15-16-41-32-9-5-4-6-10-32)20-31(29)21-33(35)37-23-26-17-27(24-37)19-28(18-26)25-37;/h4-6,9-10,12-13,20-22,26-28,34,36H,3,7-8,11,14-19,23-25H2,1-2H3;1H. The van der Waals surface area contributed by atoms with Crippen molar-refractivity contribution in [1.82, 2.24) is 4.90 Å². The Kier molecular flexibility index (Phi) is 9.54. The number of ether oxygens (including phenoxy) is 4. The quantitative estimate of drug-likeness (QED) is 0.205. The summed E-state index contributed by atoms with van der Waals surface area (Å²) in [6.45, 7) is 4.63. The number of hydrogen-bond acceptors (Lipinski definition) is 5. The van der Waals surface area contributed by atoms with Crippen LogP contribution in [0.3, 0.4) is 0 Å². The molecule has 6 heteroatoms. The van der Waals surface area contributed by atoms with Gasteiger partial charge >= 0.3 is 6.48 Å². The molecular formula is C37H48ClNO4. The molecule has 0 aromatic heterocycles. The van der Waals surface area contributed by atoms with Gasteiger partial charge in [0.15, 0.2) is 0 Å². The van der Waals surface area contributed by atoms with Crippen molar-refractivity contribution in [3.8, 4) is 11.5 Å². The summed E-state index contributed by atoms with van der Waals surface area (Å²) in [6, 6.07) is 22.5. The Morgan fingerprint density at radius 2 is 1.63 bits per heavy atom. The van der Waals surface area contributed by atoms with E-state index in [4.69, 9.17) is 18.9 Å². The van der Waals surface area contributed by atoms with Crippen molar-refractivity contribution in [2.24, 2.45) is 17.8 Å². The lowest BCUT2D eigenvalue weighted by Gasteiger charge is -2.57. The first kappa shape index (κ1) is 30.7. The molecule has 2 unspecified atom stereocenters. The van der Waals surface area contributed by atoms with E-state index in [1.165, 1.54) is 79.7 Å². The van der Waals surface area contributed by atoms with Crippen molar-refractivity contribution in [2.45, 2.75) is 82.6 Å². The van der Waals surface area contributed by atoms with Gasteiger partial charge in [-0.15, -0.1) is 12.4 Å². The normalized spacial score (nSPS) is 28.9. The molecular weight excluding hydrogens is 558 g/mol. The number of para-hydroxylation sites is 1. The second kappa shape index (κ2) is 13.4. The summed E-state index contributed by atoms with van der Waals surface area (Å²) >= 11 is 0. The number of fused-ring (bicyclic) bond motifs is 1. The Hall–Kier alpha value is -2.31. The molecule has 2 atom stereocenters. The first-order valence-corrected chi connectivity index (χ1v) is 16.4. The largest absolute Gasteiger partial charge is 0.492 e. The van der Waals surface area contributed by atoms with Crippen LogP contribution >= 0.6 is 12.4 Å². The van der Waals surface area contributed by atoms with E-state index >= 15 is 0 Å². The van der Waals surface area contributed by atoms with Gasteiger partial charge in [0.2, 0.25) is 0 Å². The van der Waals surface area contributed by atoms with E-state index in [0.29, 0.717) is 19.3 Å². The van der Waals surface area contributed by atoms with Crippen molar-refractivity contribution >= 4 is 23.2 Å². The van der Waals surface area contributed by atoms with Gasteiger partial charge in [-0.2, -0.15) is 0 Å². The van der Waals surface area contributed by atoms with Gasteiger partial charge in [0.1, 0.15) is 18.1 Å². The summed E-state index contributed by atoms with van der Waals surface area (Å²) in [5, 5.41) is 2.56. The second-order valence-electron chi connectivity index (χ2n) is 13.5. The maximum Gasteiger partial charge on any atom is 0.315 e. The maximum absolute atomic E-state index is 6.51. The third-order valence-electron chi connectivity index (χ3n) is 10.7. The van der Waals surface area contributed by atoms with Crippen LogP contribution in [0.5, 0.6) is 11.5 Å². The number of hydrogen-bond donors (Lipinski definition) is 0. The van der Waals surface area contributed by atoms with Crippen LogP contribution in [0.4, 0.5) is 0 Å². The Balaban J connectivity index is 0.00000329. The number of nitrogens with zero attached hydrogens (tertiary/aromatic N) is 1. The van der Waals surface area contributed by atoms with Gasteiger partial charge in [-0.25, -0.2) is 0 Å². The highest BCUT2D eigenvalue weighted by Crippen LogP contribution is 2.62. The van der Waals surface area contributed by atoms with Gasteiger partial charge in [0.25, 0.3) is 0 Å². The minimum absolute atomic E-state index is 0. The van der Waals surface area contributed by atoms with Gasteiger partial charge in [-0.3, -0.25) is 4.90 Å². The average Bonchev–Trinajstić information content (AvgIpc) is 3.00. The fraction of sp³-hybridized carbons (Fsp3) is 0.568. The molecule has 0 amide bonds. The van der Waals surface area contributed by atoms with Crippen molar-refractivity contribution in [1.29, 1.82) is 0 Å². The highest BCUT2D eigenvalue weighted by atomic mass is 35.5. The highest BCUT2D eigenvalue weighted by Gasteiger charge is 2.52. The van der Waals surface area contributed by atoms with Crippen molar-refractivity contribution in [3.63, 3.8) is 0 Å². The number of halogens is 1. The van der Waals surface area contributed by atoms with Crippen LogP contribution in [-0.4, -0.2) is 44.8 Å². The molecule has 43 heavy (non-hydrogen) atoms. The van der Waals surface area contributed by atoms with Gasteiger partial charge < -0.3 is 18.9 Å². The molecule has 5 fully saturated rings. The summed E-state index contributed by atoms with van der Waals surface area (Å²) < 4.78 is 24.0. The van der Waals surface area contributed by atoms with Crippen LogP contribution in [-0.2, 0) is 14.9 Å². The Morgan fingerprint density at radius 3 is 2.33 bits per heavy atom. The lowest BCUT2D eigenvalue weighted by Crippen LogP contribution is -2.48. The van der Waals surface area contributed by atoms with Crippen LogP contribution in [0.15, 0.2) is 60.7 Å². The molecule has 0 N–H and O–H groups in total. The van der Waals surface area contributed by atoms with Crippen LogP contribution < -0.4 is 9.47 Å². The first-order valence-electron chi connectivity index (χ1n) is 16.4. The summed E-state index contributed by atoms with van der Waals surface area (Å²) in [5.74, 6) is 4.50. The second-order valence-corrected chi connectivity index (χ2v) is 13.5. The van der Waals surface area contributed by atoms with Crippen molar-refractivity contribution in [3.05, 3.63) is 71.8 Å². The van der Waals surface area contributed by atoms with Crippen LogP contribution in [0.2, 0.25) is 0 Å². The summed E-state index contributed by atoms with van der Waals surface area (Å²) in [5.41, 5.74) is 3.03. The van der Waals surface area contributed by atoms with E-state index < -0.39 is 6.48 Å². The van der Waals surface area contributed by atoms with Gasteiger partial charge in [-0.1, -0.05) is 36.8 Å². The van der Waals surface area contributed by atoms with E-state index in [9.17, 15) is 0 Å². The molecule has 3 aromatic rings. The summed E-state index contributed by atoms with van der Waals surface area (Å²) in [6.07, 6.45) is 11.9. The minimum atomic E-state index is -0.687. The zero-order chi connectivity index (χ0) is 28.5. The smallest absolute Gasteiger partial charge is 0.315 e. The molecule has 1 saturated heterocycles. The van der Waals surface area contributed by atoms with Gasteiger partial charge in [0, 0.05) is 25.3 Å². The number of piperidine rings is 1. The highest BCUT2D eigenvalue weighted by molar-refractivity contribution is 5.86. The Labute approximate surface area is 263 Å². The summed E-state index contributed by atoms with van der Waals surface area (Å²) in [4.78, 5) is 2.64. The average molecular weight is 606 g/mol. The Morgan fingerprint density at radius 1 is 0.884 bits per heavy atom. The molecule has 1 heterocycles. The fourth-order valence-corrected chi connectivity index (χ4v) is 9.28. The predicted molar refractivity (Wildman–Crippen MR) is 174 cm³/mol. The minimum Gasteiger partial charge on any atom is -0.492 e. The molecule has 3 aromatic carbocycles. The zero-order valence-electron chi connectivity index (χ0n) is 25.8. The third-order valence-corrected chi connectivity index (χ3v) is 10.7. The third kappa shape index (κ3) is 6.42. The van der Waals surface area contributed by atoms with E-state index in [1.807, 2.05) is 37.3 Å². The zero-order valence-corrected chi connectivity index (χ0v) is 26.7. The van der Waals surface area contributed by atoms with Crippen LogP contribution in [0.25, 0.3) is 10.8 Å². The van der Waals surface area contributed by atoms with E-state index in [-0.39, 0.29) is 17.8 Å². The number of benzene rings is 3. The molecule has 232 valence electrons. The van der Waals surface area contributed by atoms with E-state index in [0.717, 1.165) is 42.3 Å². The molecule has 4 aliphatic carbocycles. The van der Waals surface area contributed by atoms with Crippen LogP contribution in [0, 0.1) is 17.8 Å². The number of rotatable bonds is 11. The molecule has 0 spiro atoms. The lowest BCUT2D eigenvalue weighted by atomic mass is 9.48. The predicted octanol–water partition coefficient (Wildman–Crippen LogP) is 8.68. The van der Waals surface area contributed by atoms with E-state index in [1.54, 1.807) is 7.11 Å². The summed E-state index contributed by atoms with van der Waals surface area (Å²) in [7, 11) is 1.67. The van der Waals surface area contributed by atoms with E-state index in [2.05, 4.69) is 35.2 Å². The van der Waals surface area contributed by atoms with Crippen LogP contribution in [0.1, 0.15) is 81.9 Å². The Bertz CT molecular complexity index is 1330. The topological polar surface area (TPSA) is 40.2 Å². The van der Waals surface area contributed by atoms with Crippen molar-refractivity contribution < 1.29 is 18.9 Å². The van der Waals surface area contributed by atoms with Crippen molar-refractivity contribution in [2.75, 3.05) is 33.4 Å². The molecule has 4 bridgehead atoms. The molecule has 5 aliphatic rings. The molecule has 5 nitrogen and oxygen atoms in total. The fourth-order valence-electron chi connectivity index (χ4n) is 9.28. The maximum atomic E-state index is 6.51. The molecule has 4 saturated carbocycles.